The van der Waals surface area contributed by atoms with Gasteiger partial charge in [0.25, 0.3) is 5.91 Å². The molecule has 0 spiro atoms. The van der Waals surface area contributed by atoms with Gasteiger partial charge in [0.2, 0.25) is 0 Å². The maximum Gasteiger partial charge on any atom is 0.273 e. The number of unbranched alkanes of at least 4 members (excludes halogenated alkanes) is 4. The third kappa shape index (κ3) is 5.16. The predicted octanol–water partition coefficient (Wildman–Crippen LogP) is 6.75. The summed E-state index contributed by atoms with van der Waals surface area (Å²) in [6, 6.07) is 10.3. The number of H-pyrrole nitrogens is 1. The van der Waals surface area contributed by atoms with Crippen molar-refractivity contribution in [2.24, 2.45) is 0 Å². The molecule has 36 heavy (non-hydrogen) atoms. The number of nitrogens with zero attached hydrogens (tertiary/aromatic N) is 2. The number of carbonyl (C=O) groups is 1. The molecule has 4 rings (SSSR count). The van der Waals surface area contributed by atoms with Gasteiger partial charge in [-0.25, -0.2) is 0 Å². The zero-order chi connectivity index (χ0) is 25.7. The Morgan fingerprint density at radius 1 is 1.06 bits per heavy atom. The molecule has 0 aliphatic carbocycles. The number of rotatable bonds is 12. The van der Waals surface area contributed by atoms with Crippen molar-refractivity contribution in [2.45, 2.75) is 58.4 Å². The van der Waals surface area contributed by atoms with Crippen LogP contribution in [0.4, 0.5) is 0 Å². The van der Waals surface area contributed by atoms with Gasteiger partial charge in [-0.05, 0) is 48.7 Å². The van der Waals surface area contributed by atoms with Crippen molar-refractivity contribution in [3.8, 4) is 28.5 Å². The molecule has 192 valence electrons. The van der Waals surface area contributed by atoms with Crippen LogP contribution in [0.1, 0.15) is 80.0 Å². The summed E-state index contributed by atoms with van der Waals surface area (Å²) >= 11 is 6.23. The lowest BCUT2D eigenvalue weighted by Crippen LogP contribution is -2.30. The number of halogens is 1. The van der Waals surface area contributed by atoms with E-state index in [4.69, 9.17) is 21.1 Å². The van der Waals surface area contributed by atoms with Crippen LogP contribution in [-0.4, -0.2) is 46.4 Å². The van der Waals surface area contributed by atoms with E-state index in [2.05, 4.69) is 24.0 Å². The number of benzene rings is 2. The molecule has 3 aromatic rings. The summed E-state index contributed by atoms with van der Waals surface area (Å²) in [6.07, 6.45) is 6.33. The first kappa shape index (κ1) is 25.9. The van der Waals surface area contributed by atoms with E-state index in [9.17, 15) is 9.90 Å². The lowest BCUT2D eigenvalue weighted by atomic mass is 9.95. The Balaban J connectivity index is 1.73. The van der Waals surface area contributed by atoms with Crippen molar-refractivity contribution in [3.63, 3.8) is 0 Å². The Bertz CT molecular complexity index is 1210. The van der Waals surface area contributed by atoms with Gasteiger partial charge in [-0.2, -0.15) is 5.10 Å². The fraction of sp³-hybridized carbons (Fsp3) is 0.429. The largest absolute Gasteiger partial charge is 0.507 e. The van der Waals surface area contributed by atoms with E-state index >= 15 is 0 Å². The molecule has 1 aromatic heterocycles. The summed E-state index contributed by atoms with van der Waals surface area (Å²) in [5.41, 5.74) is 3.04. The average molecular weight is 512 g/mol. The summed E-state index contributed by atoms with van der Waals surface area (Å²) in [6.45, 7) is 5.51. The first-order chi connectivity index (χ1) is 17.5. The minimum Gasteiger partial charge on any atom is -0.507 e. The lowest BCUT2D eigenvalue weighted by Gasteiger charge is -2.27. The average Bonchev–Trinajstić information content (AvgIpc) is 3.42. The summed E-state index contributed by atoms with van der Waals surface area (Å²) in [5, 5.41) is 18.4. The van der Waals surface area contributed by atoms with E-state index < -0.39 is 6.04 Å². The molecule has 1 aliphatic rings. The van der Waals surface area contributed by atoms with Crippen LogP contribution >= 0.6 is 11.6 Å². The maximum atomic E-state index is 13.4. The van der Waals surface area contributed by atoms with E-state index in [1.54, 1.807) is 19.2 Å². The van der Waals surface area contributed by atoms with Crippen LogP contribution in [0.5, 0.6) is 17.2 Å². The maximum absolute atomic E-state index is 13.4. The van der Waals surface area contributed by atoms with Crippen LogP contribution < -0.4 is 9.47 Å². The Kier molecular flexibility index (Phi) is 8.41. The van der Waals surface area contributed by atoms with E-state index in [1.165, 1.54) is 18.9 Å². The van der Waals surface area contributed by atoms with Gasteiger partial charge in [-0.1, -0.05) is 57.2 Å². The second-order valence-electron chi connectivity index (χ2n) is 9.10. The monoisotopic (exact) mass is 511 g/mol. The predicted molar refractivity (Wildman–Crippen MR) is 141 cm³/mol. The van der Waals surface area contributed by atoms with E-state index in [0.717, 1.165) is 36.8 Å². The number of aromatic nitrogens is 2. The molecular weight excluding hydrogens is 478 g/mol. The minimum absolute atomic E-state index is 0.0521. The zero-order valence-electron chi connectivity index (χ0n) is 21.1. The highest BCUT2D eigenvalue weighted by molar-refractivity contribution is 6.31. The number of carbonyl (C=O) groups excluding carboxylic acids is 1. The zero-order valence-corrected chi connectivity index (χ0v) is 21.9. The summed E-state index contributed by atoms with van der Waals surface area (Å²) in [4.78, 5) is 15.3. The molecule has 1 unspecified atom stereocenters. The molecule has 7 nitrogen and oxygen atoms in total. The molecule has 0 saturated carbocycles. The highest BCUT2D eigenvalue weighted by Crippen LogP contribution is 2.46. The molecule has 2 heterocycles. The number of ether oxygens (including phenoxy) is 2. The number of nitrogens with one attached hydrogen (secondary N) is 1. The quantitative estimate of drug-likeness (QED) is 0.263. The van der Waals surface area contributed by atoms with Gasteiger partial charge in [-0.3, -0.25) is 9.89 Å². The van der Waals surface area contributed by atoms with Crippen LogP contribution in [0.3, 0.4) is 0 Å². The molecule has 0 radical (unpaired) electrons. The van der Waals surface area contributed by atoms with Crippen molar-refractivity contribution < 1.29 is 19.4 Å². The molecule has 0 saturated heterocycles. The fourth-order valence-electron chi connectivity index (χ4n) is 4.69. The number of fused-ring (bicyclic) bond motifs is 1. The number of hydrogen-bond acceptors (Lipinski definition) is 5. The molecule has 0 fully saturated rings. The molecule has 2 N–H and O–H groups in total. The number of amides is 1. The summed E-state index contributed by atoms with van der Waals surface area (Å²) in [7, 11) is 1.62. The SMILES string of the molecule is CCCCCCOc1ccc(C2c3c(-c4cc(Cl)ccc4O)n[nH]c3C(=O)N2CCCC)cc1OC. The smallest absolute Gasteiger partial charge is 0.273 e. The molecule has 8 heteroatoms. The van der Waals surface area contributed by atoms with E-state index in [1.807, 2.05) is 23.1 Å². The lowest BCUT2D eigenvalue weighted by molar-refractivity contribution is 0.0741. The van der Waals surface area contributed by atoms with Gasteiger partial charge in [0.05, 0.1) is 19.8 Å². The van der Waals surface area contributed by atoms with Gasteiger partial charge in [0, 0.05) is 22.7 Å². The van der Waals surface area contributed by atoms with E-state index in [-0.39, 0.29) is 11.7 Å². The first-order valence-corrected chi connectivity index (χ1v) is 13.1. The van der Waals surface area contributed by atoms with Gasteiger partial charge < -0.3 is 19.5 Å². The number of hydrogen-bond donors (Lipinski definition) is 2. The third-order valence-corrected chi connectivity index (χ3v) is 6.82. The molecular formula is C28H34ClN3O4. The number of aromatic hydroxyl groups is 1. The number of phenolic OH excluding ortho intramolecular Hbond substituents is 1. The van der Waals surface area contributed by atoms with Crippen LogP contribution in [-0.2, 0) is 0 Å². The molecule has 1 amide bonds. The Morgan fingerprint density at radius 2 is 1.86 bits per heavy atom. The highest BCUT2D eigenvalue weighted by atomic mass is 35.5. The number of phenols is 1. The Hall–Kier alpha value is -3.19. The van der Waals surface area contributed by atoms with Gasteiger partial charge in [0.1, 0.15) is 17.1 Å². The molecule has 2 aromatic carbocycles. The third-order valence-electron chi connectivity index (χ3n) is 6.59. The first-order valence-electron chi connectivity index (χ1n) is 12.7. The van der Waals surface area contributed by atoms with Crippen LogP contribution in [0.25, 0.3) is 11.3 Å². The van der Waals surface area contributed by atoms with Gasteiger partial charge in [0.15, 0.2) is 11.5 Å². The fourth-order valence-corrected chi connectivity index (χ4v) is 4.86. The Morgan fingerprint density at radius 3 is 2.61 bits per heavy atom. The van der Waals surface area contributed by atoms with E-state index in [0.29, 0.717) is 46.6 Å². The molecule has 1 aliphatic heterocycles. The van der Waals surface area contributed by atoms with Gasteiger partial charge in [-0.15, -0.1) is 0 Å². The van der Waals surface area contributed by atoms with Crippen LogP contribution in [0.2, 0.25) is 5.02 Å². The van der Waals surface area contributed by atoms with Crippen molar-refractivity contribution in [2.75, 3.05) is 20.3 Å². The second-order valence-corrected chi connectivity index (χ2v) is 9.53. The normalized spacial score (nSPS) is 14.8. The van der Waals surface area contributed by atoms with Crippen molar-refractivity contribution in [1.29, 1.82) is 0 Å². The standard InChI is InChI=1S/C28H34ClN3O4/c1-4-6-8-9-15-36-22-13-10-18(16-23(22)35-3)27-24-25(20-17-19(29)11-12-21(20)33)30-31-26(24)28(34)32(27)14-7-5-2/h10-13,16-17,27,33H,4-9,14-15H2,1-3H3,(H,30,31). The second kappa shape index (κ2) is 11.7. The minimum atomic E-state index is -0.390. The molecule has 0 bridgehead atoms. The van der Waals surface area contributed by atoms with Gasteiger partial charge >= 0.3 is 0 Å². The van der Waals surface area contributed by atoms with Crippen molar-refractivity contribution >= 4 is 17.5 Å². The number of aromatic amines is 1. The van der Waals surface area contributed by atoms with Crippen molar-refractivity contribution in [3.05, 3.63) is 58.2 Å². The number of methoxy groups -OCH3 is 1. The summed E-state index contributed by atoms with van der Waals surface area (Å²) < 4.78 is 11.7. The van der Waals surface area contributed by atoms with Crippen molar-refractivity contribution in [1.82, 2.24) is 15.1 Å². The van der Waals surface area contributed by atoms with Crippen LogP contribution in [0, 0.1) is 0 Å². The molecule has 1 atom stereocenters. The summed E-state index contributed by atoms with van der Waals surface area (Å²) in [5.74, 6) is 1.24. The topological polar surface area (TPSA) is 87.7 Å². The van der Waals surface area contributed by atoms with Crippen LogP contribution in [0.15, 0.2) is 36.4 Å². The highest BCUT2D eigenvalue weighted by Gasteiger charge is 2.42. The Labute approximate surface area is 217 Å².